The predicted octanol–water partition coefficient (Wildman–Crippen LogP) is 3.95. The highest BCUT2D eigenvalue weighted by Crippen LogP contribution is 2.24. The van der Waals surface area contributed by atoms with Gasteiger partial charge >= 0.3 is 0 Å². The average molecular weight is 416 g/mol. The van der Waals surface area contributed by atoms with Gasteiger partial charge in [-0.2, -0.15) is 0 Å². The molecule has 0 radical (unpaired) electrons. The van der Waals surface area contributed by atoms with E-state index in [1.807, 2.05) is 36.4 Å². The second kappa shape index (κ2) is 8.41. The van der Waals surface area contributed by atoms with Crippen LogP contribution in [0.15, 0.2) is 67.0 Å². The van der Waals surface area contributed by atoms with E-state index in [0.717, 1.165) is 23.8 Å². The van der Waals surface area contributed by atoms with Gasteiger partial charge < -0.3 is 5.32 Å². The Morgan fingerprint density at radius 2 is 1.64 bits per heavy atom. The minimum atomic E-state index is -3.45. The molecule has 3 rings (SSSR count). The molecule has 1 aromatic heterocycles. The molecule has 0 atom stereocenters. The van der Waals surface area contributed by atoms with Crippen LogP contribution in [-0.2, 0) is 16.4 Å². The monoisotopic (exact) mass is 415 g/mol. The van der Waals surface area contributed by atoms with E-state index in [0.29, 0.717) is 11.3 Å². The van der Waals surface area contributed by atoms with Crippen molar-refractivity contribution in [2.45, 2.75) is 6.42 Å². The Kier molecular flexibility index (Phi) is 5.96. The molecule has 0 bridgehead atoms. The number of aromatic nitrogens is 1. The molecule has 28 heavy (non-hydrogen) atoms. The SMILES string of the molecule is CS(=O)(=O)Nc1ccc(C(=O)Nc2ccc(Cc3ccncc3)cc2)cc1Cl. The normalized spacial score (nSPS) is 11.1. The summed E-state index contributed by atoms with van der Waals surface area (Å²) >= 11 is 6.07. The third kappa shape index (κ3) is 5.55. The first kappa shape index (κ1) is 19.9. The molecule has 8 heteroatoms. The van der Waals surface area contributed by atoms with Gasteiger partial charge in [-0.1, -0.05) is 23.7 Å². The first-order valence-electron chi connectivity index (χ1n) is 8.37. The zero-order valence-corrected chi connectivity index (χ0v) is 16.6. The number of nitrogens with one attached hydrogen (secondary N) is 2. The van der Waals surface area contributed by atoms with E-state index in [4.69, 9.17) is 11.6 Å². The van der Waals surface area contributed by atoms with Gasteiger partial charge in [0.2, 0.25) is 10.0 Å². The molecule has 1 heterocycles. The summed E-state index contributed by atoms with van der Waals surface area (Å²) in [6.45, 7) is 0. The Hall–Kier alpha value is -2.90. The zero-order chi connectivity index (χ0) is 20.1. The number of pyridine rings is 1. The highest BCUT2D eigenvalue weighted by Gasteiger charge is 2.11. The number of carbonyl (C=O) groups is 1. The van der Waals surface area contributed by atoms with Gasteiger partial charge in [0.1, 0.15) is 0 Å². The van der Waals surface area contributed by atoms with Crippen LogP contribution in [0.25, 0.3) is 0 Å². The Bertz CT molecular complexity index is 1090. The Morgan fingerprint density at radius 3 is 2.25 bits per heavy atom. The van der Waals surface area contributed by atoms with Gasteiger partial charge in [-0.25, -0.2) is 8.42 Å². The minimum Gasteiger partial charge on any atom is -0.322 e. The minimum absolute atomic E-state index is 0.144. The molecule has 1 amide bonds. The standard InChI is InChI=1S/C20H18ClN3O3S/c1-28(26,27)24-19-7-4-16(13-18(19)21)20(25)23-17-5-2-14(3-6-17)12-15-8-10-22-11-9-15/h2-11,13,24H,12H2,1H3,(H,23,25). The Labute approximate surface area is 168 Å². The Balaban J connectivity index is 1.66. The number of nitrogens with zero attached hydrogens (tertiary/aromatic N) is 1. The molecule has 3 aromatic rings. The Morgan fingerprint density at radius 1 is 1.00 bits per heavy atom. The average Bonchev–Trinajstić information content (AvgIpc) is 2.65. The van der Waals surface area contributed by atoms with Crippen molar-refractivity contribution in [3.63, 3.8) is 0 Å². The fourth-order valence-corrected chi connectivity index (χ4v) is 3.45. The fourth-order valence-electron chi connectivity index (χ4n) is 2.58. The van der Waals surface area contributed by atoms with Crippen molar-refractivity contribution in [3.8, 4) is 0 Å². The molecule has 0 spiro atoms. The lowest BCUT2D eigenvalue weighted by molar-refractivity contribution is 0.102. The lowest BCUT2D eigenvalue weighted by Gasteiger charge is -2.10. The molecule has 2 aromatic carbocycles. The largest absolute Gasteiger partial charge is 0.322 e. The van der Waals surface area contributed by atoms with Crippen LogP contribution in [0.4, 0.5) is 11.4 Å². The van der Waals surface area contributed by atoms with Crippen LogP contribution in [0.1, 0.15) is 21.5 Å². The molecule has 6 nitrogen and oxygen atoms in total. The van der Waals surface area contributed by atoms with Gasteiger partial charge in [0.25, 0.3) is 5.91 Å². The molecule has 0 aliphatic carbocycles. The second-order valence-corrected chi connectivity index (χ2v) is 8.41. The van der Waals surface area contributed by atoms with E-state index in [1.165, 1.54) is 18.2 Å². The van der Waals surface area contributed by atoms with Crippen molar-refractivity contribution in [2.24, 2.45) is 0 Å². The summed E-state index contributed by atoms with van der Waals surface area (Å²) < 4.78 is 24.9. The van der Waals surface area contributed by atoms with E-state index in [9.17, 15) is 13.2 Å². The van der Waals surface area contributed by atoms with Crippen LogP contribution in [-0.4, -0.2) is 25.6 Å². The van der Waals surface area contributed by atoms with Gasteiger partial charge in [-0.15, -0.1) is 0 Å². The third-order valence-electron chi connectivity index (χ3n) is 3.90. The summed E-state index contributed by atoms with van der Waals surface area (Å²) in [5.41, 5.74) is 3.47. The molecule has 0 aliphatic heterocycles. The van der Waals surface area contributed by atoms with Crippen LogP contribution < -0.4 is 10.0 Å². The fraction of sp³-hybridized carbons (Fsp3) is 0.100. The number of amides is 1. The van der Waals surface area contributed by atoms with Crippen LogP contribution in [0, 0.1) is 0 Å². The van der Waals surface area contributed by atoms with Gasteiger partial charge in [0.05, 0.1) is 17.0 Å². The third-order valence-corrected chi connectivity index (χ3v) is 4.80. The highest BCUT2D eigenvalue weighted by molar-refractivity contribution is 7.92. The van der Waals surface area contributed by atoms with Crippen molar-refractivity contribution < 1.29 is 13.2 Å². The van der Waals surface area contributed by atoms with E-state index < -0.39 is 10.0 Å². The number of rotatable bonds is 6. The molecule has 0 aliphatic rings. The molecule has 144 valence electrons. The van der Waals surface area contributed by atoms with E-state index in [1.54, 1.807) is 12.4 Å². The summed E-state index contributed by atoms with van der Waals surface area (Å²) in [6.07, 6.45) is 5.32. The van der Waals surface area contributed by atoms with Crippen molar-refractivity contribution >= 4 is 38.9 Å². The first-order valence-corrected chi connectivity index (χ1v) is 10.6. The molecular formula is C20H18ClN3O3S. The maximum Gasteiger partial charge on any atom is 0.255 e. The first-order chi connectivity index (χ1) is 13.3. The maximum atomic E-state index is 12.4. The molecule has 2 N–H and O–H groups in total. The molecule has 0 saturated heterocycles. The quantitative estimate of drug-likeness (QED) is 0.638. The second-order valence-electron chi connectivity index (χ2n) is 6.25. The number of benzene rings is 2. The number of sulfonamides is 1. The summed E-state index contributed by atoms with van der Waals surface area (Å²) in [5.74, 6) is -0.338. The van der Waals surface area contributed by atoms with Gasteiger partial charge in [-0.05, 0) is 60.0 Å². The van der Waals surface area contributed by atoms with Crippen molar-refractivity contribution in [2.75, 3.05) is 16.3 Å². The van der Waals surface area contributed by atoms with E-state index >= 15 is 0 Å². The maximum absolute atomic E-state index is 12.4. The molecule has 0 saturated carbocycles. The molecule has 0 unspecified atom stereocenters. The number of halogens is 1. The van der Waals surface area contributed by atoms with Crippen LogP contribution in [0.2, 0.25) is 5.02 Å². The lowest BCUT2D eigenvalue weighted by Crippen LogP contribution is -2.13. The smallest absolute Gasteiger partial charge is 0.255 e. The molecular weight excluding hydrogens is 398 g/mol. The summed E-state index contributed by atoms with van der Waals surface area (Å²) in [6, 6.07) is 15.9. The number of carbonyl (C=O) groups excluding carboxylic acids is 1. The van der Waals surface area contributed by atoms with Crippen molar-refractivity contribution in [3.05, 3.63) is 88.7 Å². The van der Waals surface area contributed by atoms with Gasteiger partial charge in [-0.3, -0.25) is 14.5 Å². The van der Waals surface area contributed by atoms with E-state index in [2.05, 4.69) is 15.0 Å². The lowest BCUT2D eigenvalue weighted by atomic mass is 10.1. The van der Waals surface area contributed by atoms with Crippen molar-refractivity contribution in [1.29, 1.82) is 0 Å². The van der Waals surface area contributed by atoms with Crippen LogP contribution in [0.5, 0.6) is 0 Å². The van der Waals surface area contributed by atoms with Gasteiger partial charge in [0, 0.05) is 23.6 Å². The van der Waals surface area contributed by atoms with Crippen LogP contribution >= 0.6 is 11.6 Å². The van der Waals surface area contributed by atoms with Crippen molar-refractivity contribution in [1.82, 2.24) is 4.98 Å². The summed E-state index contributed by atoms with van der Waals surface area (Å²) in [4.78, 5) is 16.4. The summed E-state index contributed by atoms with van der Waals surface area (Å²) in [7, 11) is -3.45. The van der Waals surface area contributed by atoms with Crippen LogP contribution in [0.3, 0.4) is 0 Å². The number of hydrogen-bond donors (Lipinski definition) is 2. The highest BCUT2D eigenvalue weighted by atomic mass is 35.5. The number of hydrogen-bond acceptors (Lipinski definition) is 4. The molecule has 0 fully saturated rings. The van der Waals surface area contributed by atoms with E-state index in [-0.39, 0.29) is 16.6 Å². The summed E-state index contributed by atoms with van der Waals surface area (Å²) in [5, 5.41) is 2.94. The zero-order valence-electron chi connectivity index (χ0n) is 15.0. The predicted molar refractivity (Wildman–Crippen MR) is 111 cm³/mol. The van der Waals surface area contributed by atoms with Gasteiger partial charge in [0.15, 0.2) is 0 Å². The topological polar surface area (TPSA) is 88.2 Å². The number of anilines is 2.